The van der Waals surface area contributed by atoms with Gasteiger partial charge in [-0.25, -0.2) is 4.79 Å². The van der Waals surface area contributed by atoms with Crippen LogP contribution < -0.4 is 16.0 Å². The van der Waals surface area contributed by atoms with Crippen LogP contribution in [0.15, 0.2) is 30.3 Å². The zero-order chi connectivity index (χ0) is 16.0. The summed E-state index contributed by atoms with van der Waals surface area (Å²) >= 11 is 0. The first kappa shape index (κ1) is 17.2. The molecule has 0 aromatic heterocycles. The summed E-state index contributed by atoms with van der Waals surface area (Å²) < 4.78 is 0. The molecule has 1 aromatic rings. The molecule has 0 aliphatic heterocycles. The molecular weight excluding hydrogens is 266 g/mol. The molecule has 0 unspecified atom stereocenters. The molecule has 5 heteroatoms. The van der Waals surface area contributed by atoms with Crippen LogP contribution >= 0.6 is 0 Å². The van der Waals surface area contributed by atoms with E-state index in [4.69, 9.17) is 0 Å². The van der Waals surface area contributed by atoms with Crippen molar-refractivity contribution in [1.82, 2.24) is 10.6 Å². The van der Waals surface area contributed by atoms with Crippen LogP contribution in [0.3, 0.4) is 0 Å². The van der Waals surface area contributed by atoms with Crippen molar-refractivity contribution in [3.05, 3.63) is 35.9 Å². The van der Waals surface area contributed by atoms with Gasteiger partial charge in [0.05, 0.1) is 0 Å². The quantitative estimate of drug-likeness (QED) is 0.783. The molecule has 1 rings (SSSR count). The van der Waals surface area contributed by atoms with Gasteiger partial charge in [0.25, 0.3) is 5.91 Å². The van der Waals surface area contributed by atoms with E-state index in [-0.39, 0.29) is 23.5 Å². The van der Waals surface area contributed by atoms with Crippen LogP contribution in [-0.4, -0.2) is 23.5 Å². The zero-order valence-electron chi connectivity index (χ0n) is 13.4. The van der Waals surface area contributed by atoms with Gasteiger partial charge in [0.15, 0.2) is 6.04 Å². The van der Waals surface area contributed by atoms with E-state index in [1.165, 1.54) is 0 Å². The number of hydrogen-bond acceptors (Lipinski definition) is 2. The van der Waals surface area contributed by atoms with E-state index < -0.39 is 6.03 Å². The molecule has 5 nitrogen and oxygen atoms in total. The summed E-state index contributed by atoms with van der Waals surface area (Å²) in [5.41, 5.74) is 0.783. The van der Waals surface area contributed by atoms with Crippen LogP contribution in [0.2, 0.25) is 0 Å². The second-order valence-corrected chi connectivity index (χ2v) is 6.37. The minimum Gasteiger partial charge on any atom is -0.333 e. The van der Waals surface area contributed by atoms with Crippen LogP contribution in [0.25, 0.3) is 0 Å². The molecule has 0 saturated heterocycles. The number of urea groups is 1. The lowest BCUT2D eigenvalue weighted by atomic mass is 10.1. The zero-order valence-corrected chi connectivity index (χ0v) is 13.4. The van der Waals surface area contributed by atoms with Gasteiger partial charge in [-0.3, -0.25) is 10.1 Å². The Morgan fingerprint density at radius 2 is 1.67 bits per heavy atom. The van der Waals surface area contributed by atoms with Gasteiger partial charge in [0.1, 0.15) is 6.04 Å². The van der Waals surface area contributed by atoms with E-state index in [1.807, 2.05) is 63.3 Å². The molecule has 21 heavy (non-hydrogen) atoms. The van der Waals surface area contributed by atoms with Crippen molar-refractivity contribution in [2.24, 2.45) is 0 Å². The normalized spacial score (nSPS) is 14.1. The fourth-order valence-corrected chi connectivity index (χ4v) is 1.99. The van der Waals surface area contributed by atoms with Crippen LogP contribution in [0.5, 0.6) is 0 Å². The second-order valence-electron chi connectivity index (χ2n) is 6.37. The molecule has 2 atom stereocenters. The summed E-state index contributed by atoms with van der Waals surface area (Å²) in [6, 6.07) is 9.31. The van der Waals surface area contributed by atoms with E-state index in [0.717, 1.165) is 5.56 Å². The summed E-state index contributed by atoms with van der Waals surface area (Å²) in [4.78, 5) is 23.7. The summed E-state index contributed by atoms with van der Waals surface area (Å²) in [6.45, 7) is 9.42. The van der Waals surface area contributed by atoms with Crippen molar-refractivity contribution in [1.29, 1.82) is 0 Å². The molecule has 0 fully saturated rings. The molecule has 0 bridgehead atoms. The monoisotopic (exact) mass is 292 g/mol. The minimum absolute atomic E-state index is 0.151. The summed E-state index contributed by atoms with van der Waals surface area (Å²) in [5.74, 6) is -0.292. The van der Waals surface area contributed by atoms with E-state index in [1.54, 1.807) is 6.92 Å². The highest BCUT2D eigenvalue weighted by molar-refractivity contribution is 5.96. The van der Waals surface area contributed by atoms with Crippen molar-refractivity contribution in [3.63, 3.8) is 0 Å². The maximum atomic E-state index is 12.0. The third-order valence-electron chi connectivity index (χ3n) is 3.04. The first-order valence-corrected chi connectivity index (χ1v) is 7.22. The van der Waals surface area contributed by atoms with Crippen molar-refractivity contribution in [2.45, 2.75) is 52.2 Å². The van der Waals surface area contributed by atoms with E-state index in [9.17, 15) is 9.59 Å². The number of carbonyl (C=O) groups is 2. The lowest BCUT2D eigenvalue weighted by molar-refractivity contribution is -0.710. The number of nitrogens with one attached hydrogen (secondary N) is 2. The van der Waals surface area contributed by atoms with Crippen LogP contribution in [0, 0.1) is 0 Å². The number of rotatable bonds is 4. The Balaban J connectivity index is 2.50. The highest BCUT2D eigenvalue weighted by Crippen LogP contribution is 2.06. The number of imide groups is 1. The number of benzene rings is 1. The standard InChI is InChI=1S/C16H25N3O2/c1-11(13-9-7-6-8-10-13)17-12(2)14(20)18-15(21)19-16(3,4)5/h6-12,17H,1-5H3,(H2,18,19,20,21)/p+1/t11-,12+/m1/s1. The van der Waals surface area contributed by atoms with Crippen molar-refractivity contribution >= 4 is 11.9 Å². The third-order valence-corrected chi connectivity index (χ3v) is 3.04. The van der Waals surface area contributed by atoms with Gasteiger partial charge in [0.2, 0.25) is 0 Å². The van der Waals surface area contributed by atoms with Gasteiger partial charge in [-0.1, -0.05) is 30.3 Å². The molecule has 0 radical (unpaired) electrons. The van der Waals surface area contributed by atoms with E-state index >= 15 is 0 Å². The Morgan fingerprint density at radius 1 is 1.10 bits per heavy atom. The molecule has 0 spiro atoms. The van der Waals surface area contributed by atoms with Crippen molar-refractivity contribution in [2.75, 3.05) is 0 Å². The number of hydrogen-bond donors (Lipinski definition) is 3. The molecule has 0 saturated carbocycles. The van der Waals surface area contributed by atoms with Crippen molar-refractivity contribution < 1.29 is 14.9 Å². The van der Waals surface area contributed by atoms with Gasteiger partial charge in [-0.2, -0.15) is 0 Å². The molecule has 4 N–H and O–H groups in total. The Morgan fingerprint density at radius 3 is 2.19 bits per heavy atom. The highest BCUT2D eigenvalue weighted by Gasteiger charge is 2.23. The van der Waals surface area contributed by atoms with Gasteiger partial charge < -0.3 is 10.6 Å². The average Bonchev–Trinajstić information content (AvgIpc) is 2.37. The van der Waals surface area contributed by atoms with Gasteiger partial charge in [-0.05, 0) is 34.6 Å². The minimum atomic E-state index is -0.458. The second kappa shape index (κ2) is 7.22. The Hall–Kier alpha value is -1.88. The van der Waals surface area contributed by atoms with Crippen LogP contribution in [-0.2, 0) is 4.79 Å². The summed E-state index contributed by atoms with van der Waals surface area (Å²) in [6.07, 6.45) is 0. The fourth-order valence-electron chi connectivity index (χ4n) is 1.99. The SMILES string of the molecule is C[C@H]([NH2+][C@H](C)c1ccccc1)C(=O)NC(=O)NC(C)(C)C. The molecule has 116 valence electrons. The van der Waals surface area contributed by atoms with Gasteiger partial charge in [0, 0.05) is 11.1 Å². The predicted molar refractivity (Wildman–Crippen MR) is 82.7 cm³/mol. The molecule has 3 amide bonds. The summed E-state index contributed by atoms with van der Waals surface area (Å²) in [7, 11) is 0. The largest absolute Gasteiger partial charge is 0.333 e. The molecule has 1 aromatic carbocycles. The van der Waals surface area contributed by atoms with Crippen molar-refractivity contribution in [3.8, 4) is 0 Å². The molecule has 0 aliphatic carbocycles. The number of amides is 3. The predicted octanol–water partition coefficient (Wildman–Crippen LogP) is 1.32. The first-order valence-electron chi connectivity index (χ1n) is 7.22. The Labute approximate surface area is 126 Å². The smallest absolute Gasteiger partial charge is 0.322 e. The highest BCUT2D eigenvalue weighted by atomic mass is 16.2. The molecular formula is C16H26N3O2+. The fraction of sp³-hybridized carbons (Fsp3) is 0.500. The van der Waals surface area contributed by atoms with E-state index in [0.29, 0.717) is 0 Å². The van der Waals surface area contributed by atoms with E-state index in [2.05, 4.69) is 10.6 Å². The lowest BCUT2D eigenvalue weighted by Gasteiger charge is -2.21. The maximum absolute atomic E-state index is 12.0. The lowest BCUT2D eigenvalue weighted by Crippen LogP contribution is -2.92. The molecule has 0 aliphatic rings. The van der Waals surface area contributed by atoms with Crippen LogP contribution in [0.4, 0.5) is 4.79 Å². The number of nitrogens with two attached hydrogens (primary N) is 1. The van der Waals surface area contributed by atoms with Gasteiger partial charge in [-0.15, -0.1) is 0 Å². The van der Waals surface area contributed by atoms with Gasteiger partial charge >= 0.3 is 6.03 Å². The molecule has 0 heterocycles. The Bertz CT molecular complexity index is 480. The summed E-state index contributed by atoms with van der Waals surface area (Å²) in [5, 5.41) is 7.02. The number of quaternary nitrogens is 1. The topological polar surface area (TPSA) is 74.8 Å². The van der Waals surface area contributed by atoms with Crippen LogP contribution in [0.1, 0.15) is 46.2 Å². The third kappa shape index (κ3) is 6.40. The number of carbonyl (C=O) groups excluding carboxylic acids is 2. The first-order chi connectivity index (χ1) is 9.69. The maximum Gasteiger partial charge on any atom is 0.322 e. The average molecular weight is 292 g/mol. The Kier molecular flexibility index (Phi) is 5.90.